The van der Waals surface area contributed by atoms with Crippen LogP contribution in [0.1, 0.15) is 6.92 Å². The number of ether oxygens (including phenoxy) is 2. The van der Waals surface area contributed by atoms with Crippen molar-refractivity contribution in [3.8, 4) is 6.07 Å². The Balaban J connectivity index is 3.12. The molecule has 0 aliphatic carbocycles. The second kappa shape index (κ2) is 6.02. The predicted molar refractivity (Wildman–Crippen MR) is 60.4 cm³/mol. The monoisotopic (exact) mass is 271 g/mol. The second-order valence-corrected chi connectivity index (χ2v) is 3.61. The standard InChI is InChI=1S/C10H10ClN3O4/c1-2-17-10(16)6-5(3-12)8(11)14-9(7(6)13)18-4-15/h4,6,9,13-14H,2H2,1H3/t6-,9-/m1/s1. The van der Waals surface area contributed by atoms with E-state index in [1.807, 2.05) is 0 Å². The lowest BCUT2D eigenvalue weighted by Crippen LogP contribution is -2.48. The molecule has 1 heterocycles. The van der Waals surface area contributed by atoms with Crippen molar-refractivity contribution in [1.29, 1.82) is 10.7 Å². The number of nitriles is 1. The van der Waals surface area contributed by atoms with Gasteiger partial charge in [-0.25, -0.2) is 0 Å². The number of carbonyl (C=O) groups is 2. The highest BCUT2D eigenvalue weighted by Gasteiger charge is 2.40. The summed E-state index contributed by atoms with van der Waals surface area (Å²) in [4.78, 5) is 22.0. The van der Waals surface area contributed by atoms with Crippen molar-refractivity contribution in [2.75, 3.05) is 6.61 Å². The third-order valence-electron chi connectivity index (χ3n) is 2.21. The zero-order valence-corrected chi connectivity index (χ0v) is 10.2. The predicted octanol–water partition coefficient (Wildman–Crippen LogP) is 0.262. The molecule has 0 amide bonds. The molecule has 96 valence electrons. The van der Waals surface area contributed by atoms with Crippen molar-refractivity contribution < 1.29 is 19.1 Å². The SMILES string of the molecule is CCOC(=O)[C@H]1C(=N)[C@@H](OC=O)NC(Cl)=C1C#N. The second-order valence-electron chi connectivity index (χ2n) is 3.24. The van der Waals surface area contributed by atoms with Gasteiger partial charge in [0.1, 0.15) is 11.1 Å². The van der Waals surface area contributed by atoms with E-state index >= 15 is 0 Å². The molecule has 0 fully saturated rings. The van der Waals surface area contributed by atoms with Gasteiger partial charge in [-0.1, -0.05) is 11.6 Å². The van der Waals surface area contributed by atoms with E-state index in [0.29, 0.717) is 0 Å². The molecular weight excluding hydrogens is 262 g/mol. The largest absolute Gasteiger partial charge is 0.465 e. The molecule has 0 bridgehead atoms. The summed E-state index contributed by atoms with van der Waals surface area (Å²) < 4.78 is 9.33. The third-order valence-corrected chi connectivity index (χ3v) is 2.52. The van der Waals surface area contributed by atoms with E-state index in [4.69, 9.17) is 27.0 Å². The molecule has 2 atom stereocenters. The zero-order valence-electron chi connectivity index (χ0n) is 9.40. The zero-order chi connectivity index (χ0) is 13.7. The third kappa shape index (κ3) is 2.60. The Morgan fingerprint density at radius 3 is 2.89 bits per heavy atom. The maximum atomic E-state index is 11.7. The van der Waals surface area contributed by atoms with Gasteiger partial charge in [-0.3, -0.25) is 9.59 Å². The summed E-state index contributed by atoms with van der Waals surface area (Å²) in [5.74, 6) is -2.04. The number of rotatable bonds is 4. The average molecular weight is 272 g/mol. The van der Waals surface area contributed by atoms with Crippen LogP contribution in [0.3, 0.4) is 0 Å². The van der Waals surface area contributed by atoms with E-state index in [1.165, 1.54) is 0 Å². The molecule has 2 N–H and O–H groups in total. The van der Waals surface area contributed by atoms with E-state index in [0.717, 1.165) is 0 Å². The summed E-state index contributed by atoms with van der Waals surface area (Å²) in [6.45, 7) is 1.82. The van der Waals surface area contributed by atoms with Crippen molar-refractivity contribution in [1.82, 2.24) is 5.32 Å². The summed E-state index contributed by atoms with van der Waals surface area (Å²) in [5.41, 5.74) is -0.438. The quantitative estimate of drug-likeness (QED) is 0.431. The van der Waals surface area contributed by atoms with Gasteiger partial charge in [0.25, 0.3) is 6.47 Å². The number of hydrogen-bond acceptors (Lipinski definition) is 7. The van der Waals surface area contributed by atoms with Crippen molar-refractivity contribution >= 4 is 29.8 Å². The van der Waals surface area contributed by atoms with Gasteiger partial charge in [-0.2, -0.15) is 5.26 Å². The lowest BCUT2D eigenvalue weighted by atomic mass is 9.91. The van der Waals surface area contributed by atoms with Crippen LogP contribution in [0, 0.1) is 22.7 Å². The molecule has 1 rings (SSSR count). The lowest BCUT2D eigenvalue weighted by molar-refractivity contribution is -0.145. The molecule has 0 aromatic rings. The van der Waals surface area contributed by atoms with Crippen molar-refractivity contribution in [3.05, 3.63) is 10.7 Å². The van der Waals surface area contributed by atoms with Crippen molar-refractivity contribution in [3.63, 3.8) is 0 Å². The molecule has 18 heavy (non-hydrogen) atoms. The van der Waals surface area contributed by atoms with Gasteiger partial charge in [-0.05, 0) is 6.92 Å². The highest BCUT2D eigenvalue weighted by molar-refractivity contribution is 6.31. The minimum Gasteiger partial charge on any atom is -0.465 e. The van der Waals surface area contributed by atoms with Gasteiger partial charge in [0.15, 0.2) is 0 Å². The lowest BCUT2D eigenvalue weighted by Gasteiger charge is -2.28. The van der Waals surface area contributed by atoms with Crippen LogP contribution in [0.4, 0.5) is 0 Å². The molecule has 0 radical (unpaired) electrons. The van der Waals surface area contributed by atoms with E-state index in [1.54, 1.807) is 13.0 Å². The molecule has 0 unspecified atom stereocenters. The summed E-state index contributed by atoms with van der Waals surface area (Å²) in [6.07, 6.45) is -1.18. The molecule has 0 aromatic heterocycles. The Morgan fingerprint density at radius 2 is 2.39 bits per heavy atom. The molecule has 0 spiro atoms. The highest BCUT2D eigenvalue weighted by Crippen LogP contribution is 2.26. The van der Waals surface area contributed by atoms with Gasteiger partial charge in [0.2, 0.25) is 6.23 Å². The van der Waals surface area contributed by atoms with Gasteiger partial charge in [-0.15, -0.1) is 0 Å². The summed E-state index contributed by atoms with van der Waals surface area (Å²) in [6, 6.07) is 1.74. The van der Waals surface area contributed by atoms with Crippen LogP contribution in [-0.2, 0) is 19.1 Å². The normalized spacial score (nSPS) is 22.8. The highest BCUT2D eigenvalue weighted by atomic mass is 35.5. The van der Waals surface area contributed by atoms with Crippen LogP contribution in [0.5, 0.6) is 0 Å². The number of halogens is 1. The number of carbonyl (C=O) groups excluding carboxylic acids is 2. The Kier molecular flexibility index (Phi) is 4.68. The topological polar surface area (TPSA) is 112 Å². The van der Waals surface area contributed by atoms with Gasteiger partial charge in [0.05, 0.1) is 24.0 Å². The van der Waals surface area contributed by atoms with Crippen LogP contribution < -0.4 is 5.32 Å². The van der Waals surface area contributed by atoms with Crippen LogP contribution in [0.25, 0.3) is 0 Å². The van der Waals surface area contributed by atoms with E-state index in [9.17, 15) is 9.59 Å². The van der Waals surface area contributed by atoms with E-state index in [2.05, 4.69) is 10.1 Å². The van der Waals surface area contributed by atoms with Crippen LogP contribution >= 0.6 is 11.6 Å². The minimum absolute atomic E-state index is 0.103. The molecule has 7 nitrogen and oxygen atoms in total. The van der Waals surface area contributed by atoms with Crippen LogP contribution in [0.2, 0.25) is 0 Å². The molecule has 1 aliphatic rings. The van der Waals surface area contributed by atoms with Crippen LogP contribution in [0.15, 0.2) is 10.7 Å². The number of esters is 1. The fourth-order valence-corrected chi connectivity index (χ4v) is 1.70. The average Bonchev–Trinajstić information content (AvgIpc) is 2.33. The fraction of sp³-hybridized carbons (Fsp3) is 0.400. The fourth-order valence-electron chi connectivity index (χ4n) is 1.45. The summed E-state index contributed by atoms with van der Waals surface area (Å²) >= 11 is 5.76. The maximum absolute atomic E-state index is 11.7. The van der Waals surface area contributed by atoms with E-state index in [-0.39, 0.29) is 29.5 Å². The summed E-state index contributed by atoms with van der Waals surface area (Å²) in [7, 11) is 0. The number of nitrogens with zero attached hydrogens (tertiary/aromatic N) is 1. The summed E-state index contributed by atoms with van der Waals surface area (Å²) in [5, 5.41) is 19.0. The molecule has 0 saturated carbocycles. The minimum atomic E-state index is -1.26. The van der Waals surface area contributed by atoms with Crippen molar-refractivity contribution in [2.24, 2.45) is 5.92 Å². The molecule has 0 saturated heterocycles. The van der Waals surface area contributed by atoms with Gasteiger partial charge >= 0.3 is 5.97 Å². The first-order chi connectivity index (χ1) is 8.56. The van der Waals surface area contributed by atoms with Gasteiger partial charge in [0, 0.05) is 0 Å². The van der Waals surface area contributed by atoms with Crippen LogP contribution in [-0.4, -0.2) is 31.0 Å². The Hall–Kier alpha value is -2.07. The molecular formula is C10H10ClN3O4. The maximum Gasteiger partial charge on any atom is 0.320 e. The number of nitrogens with one attached hydrogen (secondary N) is 2. The molecule has 8 heteroatoms. The molecule has 1 aliphatic heterocycles. The van der Waals surface area contributed by atoms with E-state index < -0.39 is 18.1 Å². The Bertz CT molecular complexity index is 455. The van der Waals surface area contributed by atoms with Crippen molar-refractivity contribution in [2.45, 2.75) is 13.2 Å². The Labute approximate surface area is 108 Å². The Morgan fingerprint density at radius 1 is 1.72 bits per heavy atom. The number of hydrogen-bond donors (Lipinski definition) is 2. The first-order valence-corrected chi connectivity index (χ1v) is 5.35. The molecule has 0 aromatic carbocycles. The first kappa shape index (κ1) is 14.0. The first-order valence-electron chi connectivity index (χ1n) is 4.97. The smallest absolute Gasteiger partial charge is 0.320 e. The van der Waals surface area contributed by atoms with Gasteiger partial charge < -0.3 is 20.2 Å².